The molecule has 0 atom stereocenters. The summed E-state index contributed by atoms with van der Waals surface area (Å²) in [6, 6.07) is 5.20. The van der Waals surface area contributed by atoms with E-state index in [-0.39, 0.29) is 0 Å². The third-order valence-corrected chi connectivity index (χ3v) is 6.87. The normalized spacial score (nSPS) is 18.4. The number of nitrogens with zero attached hydrogens (tertiary/aromatic N) is 1. The van der Waals surface area contributed by atoms with Gasteiger partial charge in [0.1, 0.15) is 0 Å². The molecule has 7 heteroatoms. The van der Waals surface area contributed by atoms with Gasteiger partial charge >= 0.3 is 0 Å². The average molecular weight is 427 g/mol. The highest BCUT2D eigenvalue weighted by Crippen LogP contribution is 2.30. The molecule has 1 aliphatic rings. The van der Waals surface area contributed by atoms with Gasteiger partial charge in [-0.3, -0.25) is 0 Å². The molecule has 112 valence electrons. The zero-order chi connectivity index (χ0) is 14.8. The number of piperidine rings is 1. The van der Waals surface area contributed by atoms with Crippen LogP contribution in [0.15, 0.2) is 32.0 Å². The topological polar surface area (TPSA) is 46.6 Å². The summed E-state index contributed by atoms with van der Waals surface area (Å²) in [6.45, 7) is 1.80. The molecular formula is C13H17Br2NO3S. The second kappa shape index (κ2) is 6.87. The van der Waals surface area contributed by atoms with Crippen molar-refractivity contribution in [3.8, 4) is 0 Å². The maximum Gasteiger partial charge on any atom is 0.244 e. The van der Waals surface area contributed by atoms with E-state index in [1.807, 2.05) is 6.07 Å². The fourth-order valence-corrected chi connectivity index (χ4v) is 5.30. The predicted molar refractivity (Wildman–Crippen MR) is 85.2 cm³/mol. The van der Waals surface area contributed by atoms with E-state index in [9.17, 15) is 8.42 Å². The molecule has 0 aromatic heterocycles. The summed E-state index contributed by atoms with van der Waals surface area (Å²) < 4.78 is 33.4. The smallest absolute Gasteiger partial charge is 0.244 e. The molecule has 0 spiro atoms. The van der Waals surface area contributed by atoms with E-state index < -0.39 is 10.0 Å². The van der Waals surface area contributed by atoms with E-state index >= 15 is 0 Å². The van der Waals surface area contributed by atoms with Crippen LogP contribution < -0.4 is 0 Å². The van der Waals surface area contributed by atoms with Crippen molar-refractivity contribution in [1.82, 2.24) is 4.31 Å². The van der Waals surface area contributed by atoms with Crippen molar-refractivity contribution >= 4 is 41.9 Å². The molecule has 2 rings (SSSR count). The van der Waals surface area contributed by atoms with Crippen molar-refractivity contribution in [3.05, 3.63) is 27.1 Å². The molecule has 0 bridgehead atoms. The molecule has 1 aliphatic heterocycles. The first-order chi connectivity index (χ1) is 9.45. The minimum Gasteiger partial charge on any atom is -0.384 e. The van der Waals surface area contributed by atoms with E-state index in [0.29, 0.717) is 35.0 Å². The lowest BCUT2D eigenvalue weighted by Crippen LogP contribution is -2.39. The number of sulfonamides is 1. The van der Waals surface area contributed by atoms with Crippen LogP contribution in [0, 0.1) is 5.92 Å². The zero-order valence-corrected chi connectivity index (χ0v) is 15.2. The lowest BCUT2D eigenvalue weighted by Gasteiger charge is -2.31. The Hall–Kier alpha value is 0.0500. The molecule has 4 nitrogen and oxygen atoms in total. The maximum atomic E-state index is 12.7. The number of halogens is 2. The summed E-state index contributed by atoms with van der Waals surface area (Å²) >= 11 is 6.65. The van der Waals surface area contributed by atoms with E-state index in [1.54, 1.807) is 23.5 Å². The molecule has 1 saturated heterocycles. The van der Waals surface area contributed by atoms with Crippen LogP contribution in [0.25, 0.3) is 0 Å². The Labute approximate surface area is 136 Å². The highest BCUT2D eigenvalue weighted by atomic mass is 79.9. The van der Waals surface area contributed by atoms with Gasteiger partial charge in [0.25, 0.3) is 0 Å². The zero-order valence-electron chi connectivity index (χ0n) is 11.2. The largest absolute Gasteiger partial charge is 0.384 e. The molecule has 0 amide bonds. The number of ether oxygens (including phenoxy) is 1. The van der Waals surface area contributed by atoms with E-state index in [2.05, 4.69) is 31.9 Å². The highest BCUT2D eigenvalue weighted by Gasteiger charge is 2.30. The number of methoxy groups -OCH3 is 1. The molecule has 20 heavy (non-hydrogen) atoms. The number of hydrogen-bond acceptors (Lipinski definition) is 3. The van der Waals surface area contributed by atoms with Gasteiger partial charge in [-0.15, -0.1) is 0 Å². The fraction of sp³-hybridized carbons (Fsp3) is 0.538. The molecule has 0 aliphatic carbocycles. The standard InChI is InChI=1S/C13H17Br2NO3S/c1-19-9-10-4-6-16(7-5-10)20(17,18)13-8-11(14)2-3-12(13)15/h2-3,8,10H,4-7,9H2,1H3. The van der Waals surface area contributed by atoms with Crippen molar-refractivity contribution in [2.45, 2.75) is 17.7 Å². The molecule has 1 heterocycles. The van der Waals surface area contributed by atoms with Crippen molar-refractivity contribution in [3.63, 3.8) is 0 Å². The van der Waals surface area contributed by atoms with Gasteiger partial charge in [0.05, 0.1) is 4.90 Å². The fourth-order valence-electron chi connectivity index (χ4n) is 2.37. The van der Waals surface area contributed by atoms with Gasteiger partial charge in [-0.05, 0) is 52.9 Å². The second-order valence-corrected chi connectivity index (χ2v) is 8.55. The summed E-state index contributed by atoms with van der Waals surface area (Å²) in [5.41, 5.74) is 0. The molecule has 1 aromatic rings. The lowest BCUT2D eigenvalue weighted by molar-refractivity contribution is 0.121. The molecule has 0 N–H and O–H groups in total. The Kier molecular flexibility index (Phi) is 5.64. The average Bonchev–Trinajstić information content (AvgIpc) is 2.42. The first-order valence-corrected chi connectivity index (χ1v) is 9.42. The lowest BCUT2D eigenvalue weighted by atomic mass is 9.99. The van der Waals surface area contributed by atoms with Crippen LogP contribution in [-0.2, 0) is 14.8 Å². The van der Waals surface area contributed by atoms with Crippen molar-refractivity contribution in [1.29, 1.82) is 0 Å². The van der Waals surface area contributed by atoms with Gasteiger partial charge < -0.3 is 4.74 Å². The maximum absolute atomic E-state index is 12.7. The predicted octanol–water partition coefficient (Wildman–Crippen LogP) is 3.26. The summed E-state index contributed by atoms with van der Waals surface area (Å²) in [7, 11) is -1.76. The summed E-state index contributed by atoms with van der Waals surface area (Å²) in [6.07, 6.45) is 1.69. The van der Waals surface area contributed by atoms with Gasteiger partial charge in [-0.2, -0.15) is 4.31 Å². The van der Waals surface area contributed by atoms with Crippen LogP contribution in [0.3, 0.4) is 0 Å². The number of benzene rings is 1. The molecular weight excluding hydrogens is 410 g/mol. The third-order valence-electron chi connectivity index (χ3n) is 3.49. The third kappa shape index (κ3) is 3.62. The Bertz CT molecular complexity index is 569. The van der Waals surface area contributed by atoms with Crippen LogP contribution in [0.4, 0.5) is 0 Å². The van der Waals surface area contributed by atoms with Crippen LogP contribution in [0.2, 0.25) is 0 Å². The molecule has 0 saturated carbocycles. The Balaban J connectivity index is 2.18. The van der Waals surface area contributed by atoms with Crippen molar-refractivity contribution < 1.29 is 13.2 Å². The minimum atomic E-state index is -3.44. The molecule has 1 fully saturated rings. The molecule has 0 radical (unpaired) electrons. The van der Waals surface area contributed by atoms with Gasteiger partial charge in [0, 0.05) is 35.8 Å². The van der Waals surface area contributed by atoms with E-state index in [4.69, 9.17) is 4.74 Å². The minimum absolute atomic E-state index is 0.317. The van der Waals surface area contributed by atoms with Crippen molar-refractivity contribution in [2.75, 3.05) is 26.8 Å². The van der Waals surface area contributed by atoms with Gasteiger partial charge in [0.2, 0.25) is 10.0 Å². The first kappa shape index (κ1) is 16.4. The first-order valence-electron chi connectivity index (χ1n) is 6.39. The van der Waals surface area contributed by atoms with Crippen LogP contribution in [-0.4, -0.2) is 39.5 Å². The quantitative estimate of drug-likeness (QED) is 0.742. The Morgan fingerprint density at radius 2 is 1.95 bits per heavy atom. The number of rotatable bonds is 4. The molecule has 1 aromatic carbocycles. The summed E-state index contributed by atoms with van der Waals surface area (Å²) in [5, 5.41) is 0. The van der Waals surface area contributed by atoms with Gasteiger partial charge in [0.15, 0.2) is 0 Å². The second-order valence-electron chi connectivity index (χ2n) is 4.88. The highest BCUT2D eigenvalue weighted by molar-refractivity contribution is 9.11. The van der Waals surface area contributed by atoms with E-state index in [0.717, 1.165) is 17.3 Å². The summed E-state index contributed by atoms with van der Waals surface area (Å²) in [4.78, 5) is 0.317. The van der Waals surface area contributed by atoms with Crippen LogP contribution >= 0.6 is 31.9 Å². The van der Waals surface area contributed by atoms with Crippen LogP contribution in [0.1, 0.15) is 12.8 Å². The monoisotopic (exact) mass is 425 g/mol. The summed E-state index contributed by atoms with van der Waals surface area (Å²) in [5.74, 6) is 0.456. The SMILES string of the molecule is COCC1CCN(S(=O)(=O)c2cc(Br)ccc2Br)CC1. The van der Waals surface area contributed by atoms with Crippen molar-refractivity contribution in [2.24, 2.45) is 5.92 Å². The van der Waals surface area contributed by atoms with Crippen LogP contribution in [0.5, 0.6) is 0 Å². The van der Waals surface area contributed by atoms with E-state index in [1.165, 1.54) is 0 Å². The Morgan fingerprint density at radius 3 is 2.55 bits per heavy atom. The Morgan fingerprint density at radius 1 is 1.30 bits per heavy atom. The number of hydrogen-bond donors (Lipinski definition) is 0. The molecule has 0 unspecified atom stereocenters. The van der Waals surface area contributed by atoms with Gasteiger partial charge in [-0.1, -0.05) is 15.9 Å². The van der Waals surface area contributed by atoms with Gasteiger partial charge in [-0.25, -0.2) is 8.42 Å².